The van der Waals surface area contributed by atoms with Gasteiger partial charge >= 0.3 is 0 Å². The van der Waals surface area contributed by atoms with Gasteiger partial charge in [0.1, 0.15) is 65.8 Å². The lowest BCUT2D eigenvalue weighted by atomic mass is 9.97. The summed E-state index contributed by atoms with van der Waals surface area (Å²) in [7, 11) is 0. The summed E-state index contributed by atoms with van der Waals surface area (Å²) in [6, 6.07) is 0. The number of thioether (sulfide) groups is 1. The molecule has 200 valence electrons. The second-order valence-electron chi connectivity index (χ2n) is 8.33. The van der Waals surface area contributed by atoms with Gasteiger partial charge in [-0.1, -0.05) is 0 Å². The maximum absolute atomic E-state index is 10.7. The van der Waals surface area contributed by atoms with Gasteiger partial charge in [-0.05, 0) is 0 Å². The summed E-state index contributed by atoms with van der Waals surface area (Å²) in [6.45, 7) is -1.98. The first-order valence-electron chi connectivity index (χ1n) is 10.6. The minimum atomic E-state index is -1.79. The molecule has 0 aromatic carbocycles. The predicted molar refractivity (Wildman–Crippen MR) is 115 cm³/mol. The van der Waals surface area contributed by atoms with Crippen LogP contribution in [0.2, 0.25) is 0 Å². The number of aliphatic hydroxyl groups excluding tert-OH is 10. The molecule has 3 fully saturated rings. The molecule has 0 saturated carbocycles. The molecule has 15 atom stereocenters. The molecule has 3 aliphatic rings. The molecular weight excluding hydrogens is 504 g/mol. The zero-order valence-electron chi connectivity index (χ0n) is 17.7. The van der Waals surface area contributed by atoms with Crippen molar-refractivity contribution in [1.82, 2.24) is 0 Å². The normalized spacial score (nSPS) is 52.5. The van der Waals surface area contributed by atoms with Crippen LogP contribution in [0.25, 0.3) is 0 Å². The SMILES string of the molecule is OC[C@H]1O[C@@H](O[C@H]2[C@H](O)[C@@H](O)[C@H](S[C@H]3[C@H](O)[C@@H](O)[C@H](S)O[C@@H]3CO)O[C@@H]2CO)[C@H](O)[C@@H](O)[C@@H]1O. The molecule has 0 amide bonds. The Balaban J connectivity index is 1.72. The Labute approximate surface area is 204 Å². The topological polar surface area (TPSA) is 239 Å². The zero-order chi connectivity index (χ0) is 25.3. The minimum absolute atomic E-state index is 0.545. The second kappa shape index (κ2) is 12.1. The summed E-state index contributed by atoms with van der Waals surface area (Å²) in [6.07, 6.45) is -18.1. The standard InChI is InChI=1S/C18H32O14S2/c19-1-4-7(22)8(23)11(26)16(29-4)32-14-5(2-20)31-18(13(28)9(14)24)34-15-6(3-21)30-17(33)12(27)10(15)25/h4-28,33H,1-3H2/t4-,5-,6-,7-,8+,9-,10-,11-,12-,13-,14-,15-,16+,17+,18+/m1/s1. The van der Waals surface area contributed by atoms with Gasteiger partial charge in [0.05, 0.1) is 37.3 Å². The number of rotatable bonds is 7. The van der Waals surface area contributed by atoms with E-state index in [1.807, 2.05) is 0 Å². The van der Waals surface area contributed by atoms with E-state index >= 15 is 0 Å². The molecule has 3 heterocycles. The van der Waals surface area contributed by atoms with Crippen molar-refractivity contribution in [3.05, 3.63) is 0 Å². The molecule has 0 aromatic heterocycles. The van der Waals surface area contributed by atoms with Crippen molar-refractivity contribution in [3.8, 4) is 0 Å². The fourth-order valence-electron chi connectivity index (χ4n) is 4.06. The Kier molecular flexibility index (Phi) is 10.2. The van der Waals surface area contributed by atoms with Crippen LogP contribution >= 0.6 is 24.4 Å². The van der Waals surface area contributed by atoms with Crippen LogP contribution in [-0.4, -0.2) is 160 Å². The number of hydrogen-bond donors (Lipinski definition) is 11. The van der Waals surface area contributed by atoms with Gasteiger partial charge in [-0.2, -0.15) is 0 Å². The highest BCUT2D eigenvalue weighted by molar-refractivity contribution is 8.00. The van der Waals surface area contributed by atoms with Crippen LogP contribution in [0.4, 0.5) is 0 Å². The van der Waals surface area contributed by atoms with Gasteiger partial charge in [-0.3, -0.25) is 0 Å². The highest BCUT2D eigenvalue weighted by Gasteiger charge is 2.52. The third-order valence-corrected chi connectivity index (χ3v) is 8.07. The second-order valence-corrected chi connectivity index (χ2v) is 10.1. The molecule has 0 aliphatic carbocycles. The first kappa shape index (κ1) is 28.7. The minimum Gasteiger partial charge on any atom is -0.394 e. The molecule has 3 aliphatic heterocycles. The Hall–Kier alpha value is 0.140. The average molecular weight is 537 g/mol. The third-order valence-electron chi connectivity index (χ3n) is 6.09. The fourth-order valence-corrected chi connectivity index (χ4v) is 5.88. The molecule has 0 bridgehead atoms. The van der Waals surface area contributed by atoms with Crippen LogP contribution in [0.1, 0.15) is 0 Å². The summed E-state index contributed by atoms with van der Waals surface area (Å²) in [5.74, 6) is 0. The smallest absolute Gasteiger partial charge is 0.187 e. The number of hydrogen-bond acceptors (Lipinski definition) is 16. The van der Waals surface area contributed by atoms with Crippen molar-refractivity contribution in [3.63, 3.8) is 0 Å². The first-order chi connectivity index (χ1) is 16.0. The van der Waals surface area contributed by atoms with E-state index in [0.717, 1.165) is 11.8 Å². The molecule has 0 aromatic rings. The zero-order valence-corrected chi connectivity index (χ0v) is 19.5. The lowest BCUT2D eigenvalue weighted by Gasteiger charge is -2.47. The molecule has 34 heavy (non-hydrogen) atoms. The Morgan fingerprint density at radius 2 is 1.24 bits per heavy atom. The summed E-state index contributed by atoms with van der Waals surface area (Å²) >= 11 is 4.76. The summed E-state index contributed by atoms with van der Waals surface area (Å²) in [5.41, 5.74) is -2.34. The van der Waals surface area contributed by atoms with Crippen molar-refractivity contribution in [1.29, 1.82) is 0 Å². The summed E-state index contributed by atoms with van der Waals surface area (Å²) in [4.78, 5) is 0. The van der Waals surface area contributed by atoms with E-state index in [1.165, 1.54) is 0 Å². The number of ether oxygens (including phenoxy) is 4. The monoisotopic (exact) mass is 536 g/mol. The largest absolute Gasteiger partial charge is 0.394 e. The van der Waals surface area contributed by atoms with E-state index in [0.29, 0.717) is 0 Å². The van der Waals surface area contributed by atoms with Gasteiger partial charge in [0, 0.05) is 0 Å². The lowest BCUT2D eigenvalue weighted by Crippen LogP contribution is -2.64. The molecule has 10 N–H and O–H groups in total. The molecule has 16 heteroatoms. The van der Waals surface area contributed by atoms with E-state index in [-0.39, 0.29) is 0 Å². The van der Waals surface area contributed by atoms with Crippen LogP contribution in [-0.2, 0) is 18.9 Å². The van der Waals surface area contributed by atoms with Crippen molar-refractivity contribution < 1.29 is 70.0 Å². The third kappa shape index (κ3) is 5.67. The van der Waals surface area contributed by atoms with Crippen LogP contribution < -0.4 is 0 Å². The first-order valence-corrected chi connectivity index (χ1v) is 12.1. The predicted octanol–water partition coefficient (Wildman–Crippen LogP) is -5.92. The summed E-state index contributed by atoms with van der Waals surface area (Å²) in [5, 5.41) is 99.5. The van der Waals surface area contributed by atoms with E-state index < -0.39 is 109 Å². The molecular formula is C18H32O14S2. The van der Waals surface area contributed by atoms with Crippen LogP contribution in [0.3, 0.4) is 0 Å². The molecule has 0 spiro atoms. The van der Waals surface area contributed by atoms with Gasteiger partial charge in [-0.25, -0.2) is 0 Å². The van der Waals surface area contributed by atoms with E-state index in [9.17, 15) is 51.1 Å². The van der Waals surface area contributed by atoms with Crippen molar-refractivity contribution in [2.24, 2.45) is 0 Å². The van der Waals surface area contributed by atoms with Crippen molar-refractivity contribution in [2.75, 3.05) is 19.8 Å². The maximum atomic E-state index is 10.7. The van der Waals surface area contributed by atoms with Gasteiger partial charge in [-0.15, -0.1) is 24.4 Å². The molecule has 14 nitrogen and oxygen atoms in total. The average Bonchev–Trinajstić information content (AvgIpc) is 2.83. The highest BCUT2D eigenvalue weighted by atomic mass is 32.2. The number of thiol groups is 1. The van der Waals surface area contributed by atoms with Crippen LogP contribution in [0, 0.1) is 0 Å². The Morgan fingerprint density at radius 3 is 1.82 bits per heavy atom. The molecule has 0 radical (unpaired) electrons. The molecule has 3 rings (SSSR count). The van der Waals surface area contributed by atoms with Crippen molar-refractivity contribution >= 4 is 24.4 Å². The van der Waals surface area contributed by atoms with E-state index in [2.05, 4.69) is 12.6 Å². The lowest BCUT2D eigenvalue weighted by molar-refractivity contribution is -0.338. The Morgan fingerprint density at radius 1 is 0.618 bits per heavy atom. The molecule has 3 saturated heterocycles. The van der Waals surface area contributed by atoms with E-state index in [1.54, 1.807) is 0 Å². The van der Waals surface area contributed by atoms with Crippen LogP contribution in [0.15, 0.2) is 0 Å². The van der Waals surface area contributed by atoms with Gasteiger partial charge in [0.15, 0.2) is 6.29 Å². The Bertz CT molecular complexity index is 644. The maximum Gasteiger partial charge on any atom is 0.187 e. The fraction of sp³-hybridized carbons (Fsp3) is 1.00. The van der Waals surface area contributed by atoms with Gasteiger partial charge in [0.2, 0.25) is 0 Å². The molecule has 0 unspecified atom stereocenters. The van der Waals surface area contributed by atoms with Crippen LogP contribution in [0.5, 0.6) is 0 Å². The quantitative estimate of drug-likeness (QED) is 0.136. The van der Waals surface area contributed by atoms with E-state index in [4.69, 9.17) is 18.9 Å². The van der Waals surface area contributed by atoms with Crippen molar-refractivity contribution in [2.45, 2.75) is 89.6 Å². The highest BCUT2D eigenvalue weighted by Crippen LogP contribution is 2.39. The van der Waals surface area contributed by atoms with Gasteiger partial charge in [0.25, 0.3) is 0 Å². The summed E-state index contributed by atoms with van der Waals surface area (Å²) < 4.78 is 21.7. The number of aliphatic hydroxyl groups is 10. The van der Waals surface area contributed by atoms with Gasteiger partial charge < -0.3 is 70.0 Å².